The van der Waals surface area contributed by atoms with Crippen molar-refractivity contribution < 1.29 is 4.39 Å². The standard InChI is InChI=1S/C11H9BrFN3/c12-9-3-1-2-8(10(9)13)11(14)7-4-5-15-16-6-7/h1-6,11H,14H2. The Morgan fingerprint density at radius 2 is 2.06 bits per heavy atom. The van der Waals surface area contributed by atoms with E-state index in [-0.39, 0.29) is 5.82 Å². The van der Waals surface area contributed by atoms with Crippen molar-refractivity contribution in [3.05, 3.63) is 58.1 Å². The number of aromatic nitrogens is 2. The fourth-order valence-corrected chi connectivity index (χ4v) is 1.81. The highest BCUT2D eigenvalue weighted by Gasteiger charge is 2.15. The van der Waals surface area contributed by atoms with Crippen molar-refractivity contribution in [1.29, 1.82) is 0 Å². The van der Waals surface area contributed by atoms with Crippen molar-refractivity contribution in [3.8, 4) is 0 Å². The van der Waals surface area contributed by atoms with Crippen molar-refractivity contribution in [3.63, 3.8) is 0 Å². The average Bonchev–Trinajstić information content (AvgIpc) is 2.33. The molecule has 0 bridgehead atoms. The van der Waals surface area contributed by atoms with Gasteiger partial charge in [0.1, 0.15) is 5.82 Å². The minimum Gasteiger partial charge on any atom is -0.320 e. The van der Waals surface area contributed by atoms with Crippen LogP contribution < -0.4 is 5.73 Å². The summed E-state index contributed by atoms with van der Waals surface area (Å²) in [6.07, 6.45) is 3.07. The topological polar surface area (TPSA) is 51.8 Å². The molecule has 0 radical (unpaired) electrons. The summed E-state index contributed by atoms with van der Waals surface area (Å²) < 4.78 is 14.2. The zero-order valence-electron chi connectivity index (χ0n) is 8.27. The van der Waals surface area contributed by atoms with Gasteiger partial charge in [-0.15, -0.1) is 0 Å². The fraction of sp³-hybridized carbons (Fsp3) is 0.0909. The van der Waals surface area contributed by atoms with E-state index in [0.29, 0.717) is 10.0 Å². The normalized spacial score (nSPS) is 12.4. The molecule has 1 aromatic heterocycles. The van der Waals surface area contributed by atoms with E-state index >= 15 is 0 Å². The Morgan fingerprint density at radius 3 is 2.75 bits per heavy atom. The highest BCUT2D eigenvalue weighted by Crippen LogP contribution is 2.25. The summed E-state index contributed by atoms with van der Waals surface area (Å²) in [4.78, 5) is 0. The number of hydrogen-bond donors (Lipinski definition) is 1. The molecule has 3 nitrogen and oxygen atoms in total. The van der Waals surface area contributed by atoms with E-state index in [9.17, 15) is 4.39 Å². The van der Waals surface area contributed by atoms with E-state index in [2.05, 4.69) is 26.1 Å². The predicted molar refractivity (Wildman–Crippen MR) is 62.2 cm³/mol. The molecule has 0 aliphatic rings. The highest BCUT2D eigenvalue weighted by molar-refractivity contribution is 9.10. The van der Waals surface area contributed by atoms with Gasteiger partial charge in [0.15, 0.2) is 0 Å². The maximum absolute atomic E-state index is 13.8. The molecule has 2 rings (SSSR count). The van der Waals surface area contributed by atoms with Gasteiger partial charge >= 0.3 is 0 Å². The third-order valence-electron chi connectivity index (χ3n) is 2.28. The van der Waals surface area contributed by atoms with Crippen LogP contribution >= 0.6 is 15.9 Å². The van der Waals surface area contributed by atoms with Crippen LogP contribution in [0.25, 0.3) is 0 Å². The summed E-state index contributed by atoms with van der Waals surface area (Å²) in [5.74, 6) is -0.341. The van der Waals surface area contributed by atoms with Gasteiger partial charge in [-0.3, -0.25) is 0 Å². The molecular weight excluding hydrogens is 273 g/mol. The number of nitrogens with two attached hydrogens (primary N) is 1. The van der Waals surface area contributed by atoms with Gasteiger partial charge < -0.3 is 5.73 Å². The number of halogens is 2. The molecule has 0 fully saturated rings. The van der Waals surface area contributed by atoms with Crippen LogP contribution in [0, 0.1) is 5.82 Å². The Hall–Kier alpha value is -1.33. The summed E-state index contributed by atoms with van der Waals surface area (Å²) in [5.41, 5.74) is 7.12. The first kappa shape index (κ1) is 11.2. The molecule has 0 saturated carbocycles. The highest BCUT2D eigenvalue weighted by atomic mass is 79.9. The fourth-order valence-electron chi connectivity index (χ4n) is 1.43. The largest absolute Gasteiger partial charge is 0.320 e. The molecule has 16 heavy (non-hydrogen) atoms. The molecule has 0 amide bonds. The van der Waals surface area contributed by atoms with E-state index in [0.717, 1.165) is 5.56 Å². The van der Waals surface area contributed by atoms with Gasteiger partial charge in [0.2, 0.25) is 0 Å². The SMILES string of the molecule is NC(c1ccnnc1)c1cccc(Br)c1F. The van der Waals surface area contributed by atoms with Crippen LogP contribution in [-0.4, -0.2) is 10.2 Å². The third kappa shape index (κ3) is 2.10. The second-order valence-electron chi connectivity index (χ2n) is 3.30. The summed E-state index contributed by atoms with van der Waals surface area (Å²) >= 11 is 3.13. The maximum Gasteiger partial charge on any atom is 0.142 e. The summed E-state index contributed by atoms with van der Waals surface area (Å²) in [6.45, 7) is 0. The lowest BCUT2D eigenvalue weighted by molar-refractivity contribution is 0.593. The summed E-state index contributed by atoms with van der Waals surface area (Å²) in [6, 6.07) is 6.23. The molecule has 2 aromatic rings. The number of rotatable bonds is 2. The lowest BCUT2D eigenvalue weighted by Gasteiger charge is -2.13. The molecule has 1 aromatic carbocycles. The van der Waals surface area contributed by atoms with Crippen molar-refractivity contribution in [2.24, 2.45) is 5.73 Å². The second-order valence-corrected chi connectivity index (χ2v) is 4.15. The Labute approximate surface area is 101 Å². The minimum absolute atomic E-state index is 0.341. The van der Waals surface area contributed by atoms with Crippen molar-refractivity contribution >= 4 is 15.9 Å². The lowest BCUT2D eigenvalue weighted by atomic mass is 10.0. The van der Waals surface area contributed by atoms with Gasteiger partial charge in [-0.05, 0) is 33.6 Å². The molecular formula is C11H9BrFN3. The van der Waals surface area contributed by atoms with Crippen LogP contribution in [0.1, 0.15) is 17.2 Å². The van der Waals surface area contributed by atoms with E-state index in [4.69, 9.17) is 5.73 Å². The zero-order chi connectivity index (χ0) is 11.5. The smallest absolute Gasteiger partial charge is 0.142 e. The molecule has 1 atom stereocenters. The Balaban J connectivity index is 2.42. The van der Waals surface area contributed by atoms with Gasteiger partial charge in [0, 0.05) is 11.8 Å². The van der Waals surface area contributed by atoms with Crippen LogP contribution in [0.3, 0.4) is 0 Å². The average molecular weight is 282 g/mol. The quantitative estimate of drug-likeness (QED) is 0.920. The Morgan fingerprint density at radius 1 is 1.25 bits per heavy atom. The molecule has 2 N–H and O–H groups in total. The van der Waals surface area contributed by atoms with Crippen LogP contribution in [0.2, 0.25) is 0 Å². The van der Waals surface area contributed by atoms with E-state index in [1.807, 2.05) is 0 Å². The van der Waals surface area contributed by atoms with Gasteiger partial charge in [-0.2, -0.15) is 10.2 Å². The summed E-state index contributed by atoms with van der Waals surface area (Å²) in [5, 5.41) is 7.37. The molecule has 82 valence electrons. The molecule has 0 aliphatic carbocycles. The third-order valence-corrected chi connectivity index (χ3v) is 2.90. The predicted octanol–water partition coefficient (Wildman–Crippen LogP) is 2.43. The molecule has 0 aliphatic heterocycles. The Kier molecular flexibility index (Phi) is 3.26. The first-order chi connectivity index (χ1) is 7.70. The van der Waals surface area contributed by atoms with Crippen LogP contribution in [0.4, 0.5) is 4.39 Å². The molecule has 1 heterocycles. The first-order valence-electron chi connectivity index (χ1n) is 4.66. The molecule has 5 heteroatoms. The first-order valence-corrected chi connectivity index (χ1v) is 5.45. The number of benzene rings is 1. The molecule has 0 spiro atoms. The lowest BCUT2D eigenvalue weighted by Crippen LogP contribution is -2.14. The number of hydrogen-bond acceptors (Lipinski definition) is 3. The van der Waals surface area contributed by atoms with E-state index in [1.54, 1.807) is 24.3 Å². The van der Waals surface area contributed by atoms with Gasteiger partial charge in [-0.1, -0.05) is 12.1 Å². The van der Waals surface area contributed by atoms with Crippen molar-refractivity contribution in [2.45, 2.75) is 6.04 Å². The molecule has 0 saturated heterocycles. The van der Waals surface area contributed by atoms with E-state index in [1.165, 1.54) is 12.4 Å². The van der Waals surface area contributed by atoms with Crippen molar-refractivity contribution in [2.75, 3.05) is 0 Å². The van der Waals surface area contributed by atoms with Gasteiger partial charge in [0.25, 0.3) is 0 Å². The second kappa shape index (κ2) is 4.67. The Bertz CT molecular complexity index is 490. The van der Waals surface area contributed by atoms with Crippen LogP contribution in [0.5, 0.6) is 0 Å². The zero-order valence-corrected chi connectivity index (χ0v) is 9.86. The van der Waals surface area contributed by atoms with Crippen LogP contribution in [0.15, 0.2) is 41.1 Å². The minimum atomic E-state index is -0.534. The number of nitrogens with zero attached hydrogens (tertiary/aromatic N) is 2. The monoisotopic (exact) mass is 281 g/mol. The van der Waals surface area contributed by atoms with Gasteiger partial charge in [-0.25, -0.2) is 4.39 Å². The van der Waals surface area contributed by atoms with Crippen LogP contribution in [-0.2, 0) is 0 Å². The maximum atomic E-state index is 13.8. The summed E-state index contributed by atoms with van der Waals surface area (Å²) in [7, 11) is 0. The molecule has 1 unspecified atom stereocenters. The van der Waals surface area contributed by atoms with Crippen molar-refractivity contribution in [1.82, 2.24) is 10.2 Å². The van der Waals surface area contributed by atoms with E-state index < -0.39 is 6.04 Å². The van der Waals surface area contributed by atoms with Gasteiger partial charge in [0.05, 0.1) is 16.7 Å².